The van der Waals surface area contributed by atoms with E-state index in [-0.39, 0.29) is 0 Å². The van der Waals surface area contributed by atoms with Gasteiger partial charge in [-0.3, -0.25) is 0 Å². The van der Waals surface area contributed by atoms with Gasteiger partial charge in [-0.25, -0.2) is 0 Å². The Morgan fingerprint density at radius 3 is 2.11 bits per heavy atom. The zero-order chi connectivity index (χ0) is 13.7. The molecule has 100 valence electrons. The second-order valence-corrected chi connectivity index (χ2v) is 5.14. The first-order valence-electron chi connectivity index (χ1n) is 6.61. The molecule has 2 aromatic rings. The average Bonchev–Trinajstić information content (AvgIpc) is 2.41. The molecule has 0 amide bonds. The highest BCUT2D eigenvalue weighted by atomic mass is 16.3. The highest BCUT2D eigenvalue weighted by Crippen LogP contribution is 2.21. The summed E-state index contributed by atoms with van der Waals surface area (Å²) in [4.78, 5) is 2.15. The SMILES string of the molecule is CN(C)Cc1ccccc1CC(O)c1ccccc1. The van der Waals surface area contributed by atoms with E-state index in [0.717, 1.165) is 12.1 Å². The fraction of sp³-hybridized carbons (Fsp3) is 0.294. The van der Waals surface area contributed by atoms with Gasteiger partial charge in [0.2, 0.25) is 0 Å². The standard InChI is InChI=1S/C17H21NO/c1-18(2)13-16-11-7-6-10-15(16)12-17(19)14-8-4-3-5-9-14/h3-11,17,19H,12-13H2,1-2H3. The van der Waals surface area contributed by atoms with Crippen molar-refractivity contribution in [3.8, 4) is 0 Å². The summed E-state index contributed by atoms with van der Waals surface area (Å²) in [5.41, 5.74) is 3.47. The van der Waals surface area contributed by atoms with Crippen LogP contribution in [0.2, 0.25) is 0 Å². The summed E-state index contributed by atoms with van der Waals surface area (Å²) in [5, 5.41) is 10.3. The van der Waals surface area contributed by atoms with Crippen LogP contribution in [0.15, 0.2) is 54.6 Å². The summed E-state index contributed by atoms with van der Waals surface area (Å²) in [5.74, 6) is 0. The van der Waals surface area contributed by atoms with Crippen LogP contribution in [0, 0.1) is 0 Å². The van der Waals surface area contributed by atoms with Gasteiger partial charge in [-0.2, -0.15) is 0 Å². The smallest absolute Gasteiger partial charge is 0.0830 e. The Hall–Kier alpha value is -1.64. The number of hydrogen-bond acceptors (Lipinski definition) is 2. The summed E-state index contributed by atoms with van der Waals surface area (Å²) < 4.78 is 0. The van der Waals surface area contributed by atoms with Crippen molar-refractivity contribution >= 4 is 0 Å². The third kappa shape index (κ3) is 3.91. The van der Waals surface area contributed by atoms with Crippen LogP contribution in [0.3, 0.4) is 0 Å². The number of hydrogen-bond donors (Lipinski definition) is 1. The minimum absolute atomic E-state index is 0.440. The van der Waals surface area contributed by atoms with Crippen molar-refractivity contribution in [2.45, 2.75) is 19.1 Å². The van der Waals surface area contributed by atoms with E-state index in [0.29, 0.717) is 6.42 Å². The molecule has 0 radical (unpaired) electrons. The molecule has 0 aliphatic heterocycles. The lowest BCUT2D eigenvalue weighted by atomic mass is 9.97. The van der Waals surface area contributed by atoms with Crippen LogP contribution in [0.25, 0.3) is 0 Å². The molecule has 0 heterocycles. The van der Waals surface area contributed by atoms with Crippen molar-refractivity contribution in [3.05, 3.63) is 71.3 Å². The van der Waals surface area contributed by atoms with Gasteiger partial charge in [0.05, 0.1) is 6.10 Å². The summed E-state index contributed by atoms with van der Waals surface area (Å²) in [6, 6.07) is 18.2. The molecule has 0 aliphatic carbocycles. The van der Waals surface area contributed by atoms with Gasteiger partial charge in [-0.15, -0.1) is 0 Å². The minimum atomic E-state index is -0.440. The van der Waals surface area contributed by atoms with Crippen LogP contribution in [0.4, 0.5) is 0 Å². The summed E-state index contributed by atoms with van der Waals surface area (Å²) in [6.45, 7) is 0.900. The maximum atomic E-state index is 10.3. The van der Waals surface area contributed by atoms with Crippen LogP contribution >= 0.6 is 0 Å². The van der Waals surface area contributed by atoms with Gasteiger partial charge in [0.1, 0.15) is 0 Å². The Morgan fingerprint density at radius 2 is 1.47 bits per heavy atom. The van der Waals surface area contributed by atoms with Crippen molar-refractivity contribution in [1.29, 1.82) is 0 Å². The molecule has 0 saturated carbocycles. The third-order valence-corrected chi connectivity index (χ3v) is 3.20. The molecule has 0 saturated heterocycles. The number of aliphatic hydroxyl groups is 1. The minimum Gasteiger partial charge on any atom is -0.388 e. The third-order valence-electron chi connectivity index (χ3n) is 3.20. The van der Waals surface area contributed by atoms with E-state index in [2.05, 4.69) is 37.2 Å². The second kappa shape index (κ2) is 6.50. The van der Waals surface area contributed by atoms with Gasteiger partial charge >= 0.3 is 0 Å². The molecule has 1 atom stereocenters. The first-order chi connectivity index (χ1) is 9.16. The summed E-state index contributed by atoms with van der Waals surface area (Å²) >= 11 is 0. The highest BCUT2D eigenvalue weighted by Gasteiger charge is 2.11. The largest absolute Gasteiger partial charge is 0.388 e. The fourth-order valence-electron chi connectivity index (χ4n) is 2.25. The highest BCUT2D eigenvalue weighted by molar-refractivity contribution is 5.29. The lowest BCUT2D eigenvalue weighted by Gasteiger charge is -2.17. The van der Waals surface area contributed by atoms with Gasteiger partial charge in [-0.1, -0.05) is 54.6 Å². The average molecular weight is 255 g/mol. The van der Waals surface area contributed by atoms with E-state index in [1.165, 1.54) is 11.1 Å². The van der Waals surface area contributed by atoms with Crippen molar-refractivity contribution in [2.75, 3.05) is 14.1 Å². The van der Waals surface area contributed by atoms with E-state index >= 15 is 0 Å². The zero-order valence-corrected chi connectivity index (χ0v) is 11.6. The molecule has 0 bridgehead atoms. The number of benzene rings is 2. The Kier molecular flexibility index (Phi) is 4.72. The predicted molar refractivity (Wildman–Crippen MR) is 78.9 cm³/mol. The quantitative estimate of drug-likeness (QED) is 0.887. The molecule has 19 heavy (non-hydrogen) atoms. The number of rotatable bonds is 5. The molecule has 2 aromatic carbocycles. The summed E-state index contributed by atoms with van der Waals surface area (Å²) in [7, 11) is 4.12. The van der Waals surface area contributed by atoms with E-state index in [9.17, 15) is 5.11 Å². The van der Waals surface area contributed by atoms with E-state index in [4.69, 9.17) is 0 Å². The number of nitrogens with zero attached hydrogens (tertiary/aromatic N) is 1. The Morgan fingerprint density at radius 1 is 0.895 bits per heavy atom. The van der Waals surface area contributed by atoms with Crippen molar-refractivity contribution < 1.29 is 5.11 Å². The van der Waals surface area contributed by atoms with Crippen LogP contribution in [0.1, 0.15) is 22.8 Å². The zero-order valence-electron chi connectivity index (χ0n) is 11.6. The van der Waals surface area contributed by atoms with Gasteiger partial charge in [0.25, 0.3) is 0 Å². The maximum absolute atomic E-state index is 10.3. The van der Waals surface area contributed by atoms with Crippen molar-refractivity contribution in [2.24, 2.45) is 0 Å². The predicted octanol–water partition coefficient (Wildman–Crippen LogP) is 3.02. The molecule has 1 N–H and O–H groups in total. The lowest BCUT2D eigenvalue weighted by Crippen LogP contribution is -2.13. The molecule has 1 unspecified atom stereocenters. The van der Waals surface area contributed by atoms with E-state index in [1.807, 2.05) is 36.4 Å². The Bertz CT molecular complexity index is 508. The van der Waals surface area contributed by atoms with E-state index in [1.54, 1.807) is 0 Å². The van der Waals surface area contributed by atoms with Gasteiger partial charge in [0.15, 0.2) is 0 Å². The van der Waals surface area contributed by atoms with Crippen LogP contribution < -0.4 is 0 Å². The van der Waals surface area contributed by atoms with Gasteiger partial charge in [0, 0.05) is 13.0 Å². The normalized spacial score (nSPS) is 12.6. The molecule has 0 aliphatic rings. The molecular weight excluding hydrogens is 234 g/mol. The van der Waals surface area contributed by atoms with Crippen molar-refractivity contribution in [3.63, 3.8) is 0 Å². The molecule has 2 nitrogen and oxygen atoms in total. The second-order valence-electron chi connectivity index (χ2n) is 5.14. The monoisotopic (exact) mass is 255 g/mol. The van der Waals surface area contributed by atoms with Crippen LogP contribution in [-0.4, -0.2) is 24.1 Å². The van der Waals surface area contributed by atoms with Gasteiger partial charge < -0.3 is 10.0 Å². The molecule has 0 spiro atoms. The summed E-state index contributed by atoms with van der Waals surface area (Å²) in [6.07, 6.45) is 0.220. The lowest BCUT2D eigenvalue weighted by molar-refractivity contribution is 0.178. The molecule has 2 heteroatoms. The topological polar surface area (TPSA) is 23.5 Å². The molecule has 2 rings (SSSR count). The maximum Gasteiger partial charge on any atom is 0.0830 e. The Balaban J connectivity index is 2.15. The number of aliphatic hydroxyl groups excluding tert-OH is 1. The van der Waals surface area contributed by atoms with Crippen LogP contribution in [-0.2, 0) is 13.0 Å². The molecule has 0 aromatic heterocycles. The fourth-order valence-corrected chi connectivity index (χ4v) is 2.25. The Labute approximate surface area is 115 Å². The first-order valence-corrected chi connectivity index (χ1v) is 6.61. The van der Waals surface area contributed by atoms with Crippen LogP contribution in [0.5, 0.6) is 0 Å². The van der Waals surface area contributed by atoms with Crippen molar-refractivity contribution in [1.82, 2.24) is 4.90 Å². The first kappa shape index (κ1) is 13.8. The van der Waals surface area contributed by atoms with Gasteiger partial charge in [-0.05, 0) is 30.8 Å². The molecule has 0 fully saturated rings. The van der Waals surface area contributed by atoms with E-state index < -0.39 is 6.10 Å². The molecular formula is C17H21NO.